The number of rotatable bonds is 7. The molecular formula is C9H23N3. The van der Waals surface area contributed by atoms with Gasteiger partial charge in [0, 0.05) is 25.7 Å². The van der Waals surface area contributed by atoms with Crippen LogP contribution in [-0.2, 0) is 0 Å². The second kappa shape index (κ2) is 7.53. The zero-order valence-corrected chi connectivity index (χ0v) is 8.78. The minimum atomic E-state index is 0.585. The van der Waals surface area contributed by atoms with Crippen LogP contribution in [0.3, 0.4) is 0 Å². The Bertz CT molecular complexity index is 93.8. The Labute approximate surface area is 76.3 Å². The van der Waals surface area contributed by atoms with Crippen LogP contribution in [0, 0.1) is 5.92 Å². The molecule has 0 amide bonds. The summed E-state index contributed by atoms with van der Waals surface area (Å²) in [5.74, 6) is 0.692. The maximum absolute atomic E-state index is 3.39. The van der Waals surface area contributed by atoms with E-state index in [1.165, 1.54) is 0 Å². The Kier molecular flexibility index (Phi) is 7.45. The number of likely N-dealkylation sites (N-methyl/N-ethyl adjacent to an activating group) is 2. The molecule has 0 unspecified atom stereocenters. The number of hydrogen-bond acceptors (Lipinski definition) is 3. The van der Waals surface area contributed by atoms with Gasteiger partial charge in [-0.3, -0.25) is 0 Å². The van der Waals surface area contributed by atoms with Crippen molar-refractivity contribution in [1.82, 2.24) is 16.0 Å². The first-order chi connectivity index (χ1) is 5.72. The van der Waals surface area contributed by atoms with Gasteiger partial charge in [0.05, 0.1) is 0 Å². The molecule has 0 spiro atoms. The Balaban J connectivity index is 3.32. The summed E-state index contributed by atoms with van der Waals surface area (Å²) in [5.41, 5.74) is 0. The Morgan fingerprint density at radius 1 is 1.08 bits per heavy atom. The lowest BCUT2D eigenvalue weighted by atomic mass is 10.1. The minimum Gasteiger partial charge on any atom is -0.318 e. The van der Waals surface area contributed by atoms with Crippen molar-refractivity contribution >= 4 is 0 Å². The van der Waals surface area contributed by atoms with Crippen molar-refractivity contribution in [2.75, 3.05) is 33.7 Å². The molecule has 0 aromatic heterocycles. The van der Waals surface area contributed by atoms with Crippen molar-refractivity contribution in [3.8, 4) is 0 Å². The smallest absolute Gasteiger partial charge is 0.0212 e. The van der Waals surface area contributed by atoms with Crippen molar-refractivity contribution in [3.05, 3.63) is 0 Å². The van der Waals surface area contributed by atoms with Crippen LogP contribution >= 0.6 is 0 Å². The molecule has 74 valence electrons. The first-order valence-electron chi connectivity index (χ1n) is 4.75. The first-order valence-corrected chi connectivity index (χ1v) is 4.75. The summed E-state index contributed by atoms with van der Waals surface area (Å²) < 4.78 is 0. The monoisotopic (exact) mass is 173 g/mol. The highest BCUT2D eigenvalue weighted by Crippen LogP contribution is 1.98. The molecule has 0 aromatic carbocycles. The van der Waals surface area contributed by atoms with Gasteiger partial charge in [-0.15, -0.1) is 0 Å². The Morgan fingerprint density at radius 2 is 1.75 bits per heavy atom. The van der Waals surface area contributed by atoms with Gasteiger partial charge in [-0.05, 0) is 20.0 Å². The molecule has 12 heavy (non-hydrogen) atoms. The quantitative estimate of drug-likeness (QED) is 0.476. The molecule has 0 aliphatic heterocycles. The molecule has 3 heteroatoms. The summed E-state index contributed by atoms with van der Waals surface area (Å²) in [6.45, 7) is 7.60. The van der Waals surface area contributed by atoms with Crippen molar-refractivity contribution in [2.45, 2.75) is 19.9 Å². The second-order valence-corrected chi connectivity index (χ2v) is 3.45. The molecule has 0 heterocycles. The van der Waals surface area contributed by atoms with Crippen molar-refractivity contribution in [3.63, 3.8) is 0 Å². The molecule has 0 aliphatic carbocycles. The first kappa shape index (κ1) is 11.9. The van der Waals surface area contributed by atoms with E-state index in [2.05, 4.69) is 29.8 Å². The van der Waals surface area contributed by atoms with Gasteiger partial charge in [-0.1, -0.05) is 13.8 Å². The van der Waals surface area contributed by atoms with Gasteiger partial charge in [0.25, 0.3) is 0 Å². The van der Waals surface area contributed by atoms with Gasteiger partial charge in [0.2, 0.25) is 0 Å². The molecule has 0 aliphatic rings. The molecule has 0 radical (unpaired) electrons. The fourth-order valence-electron chi connectivity index (χ4n) is 1.14. The highest BCUT2D eigenvalue weighted by molar-refractivity contribution is 4.70. The lowest BCUT2D eigenvalue weighted by Gasteiger charge is -2.20. The molecule has 0 saturated heterocycles. The summed E-state index contributed by atoms with van der Waals surface area (Å²) in [6.07, 6.45) is 0. The molecule has 0 bridgehead atoms. The van der Waals surface area contributed by atoms with Crippen molar-refractivity contribution in [2.24, 2.45) is 5.92 Å². The van der Waals surface area contributed by atoms with Gasteiger partial charge < -0.3 is 16.0 Å². The normalized spacial score (nSPS) is 13.8. The van der Waals surface area contributed by atoms with Crippen LogP contribution in [0.5, 0.6) is 0 Å². The average Bonchev–Trinajstić information content (AvgIpc) is 2.04. The van der Waals surface area contributed by atoms with Crippen LogP contribution in [0.2, 0.25) is 0 Å². The van der Waals surface area contributed by atoms with Gasteiger partial charge >= 0.3 is 0 Å². The minimum absolute atomic E-state index is 0.585. The van der Waals surface area contributed by atoms with Crippen molar-refractivity contribution in [1.29, 1.82) is 0 Å². The van der Waals surface area contributed by atoms with E-state index in [-0.39, 0.29) is 0 Å². The predicted octanol–water partition coefficient (Wildman–Crippen LogP) is 0.0394. The second-order valence-electron chi connectivity index (χ2n) is 3.45. The van der Waals surface area contributed by atoms with Crippen LogP contribution < -0.4 is 16.0 Å². The van der Waals surface area contributed by atoms with E-state index in [0.29, 0.717) is 12.0 Å². The summed E-state index contributed by atoms with van der Waals surface area (Å²) in [6, 6.07) is 0.585. The average molecular weight is 173 g/mol. The Morgan fingerprint density at radius 3 is 2.17 bits per heavy atom. The van der Waals surface area contributed by atoms with Gasteiger partial charge in [0.1, 0.15) is 0 Å². The van der Waals surface area contributed by atoms with E-state index in [0.717, 1.165) is 19.6 Å². The van der Waals surface area contributed by atoms with Crippen molar-refractivity contribution < 1.29 is 0 Å². The molecule has 3 N–H and O–H groups in total. The third kappa shape index (κ3) is 5.52. The maximum atomic E-state index is 3.39. The van der Waals surface area contributed by atoms with Gasteiger partial charge in [-0.25, -0.2) is 0 Å². The van der Waals surface area contributed by atoms with E-state index in [1.54, 1.807) is 0 Å². The predicted molar refractivity (Wildman–Crippen MR) is 54.5 cm³/mol. The van der Waals surface area contributed by atoms with Crippen LogP contribution in [0.1, 0.15) is 13.8 Å². The molecule has 1 atom stereocenters. The van der Waals surface area contributed by atoms with E-state index in [4.69, 9.17) is 0 Å². The standard InChI is InChI=1S/C9H23N3/c1-8(2)9(11-4)7-12-6-5-10-3/h8-12H,5-7H2,1-4H3/t9-/m0/s1. The van der Waals surface area contributed by atoms with Gasteiger partial charge in [-0.2, -0.15) is 0 Å². The molecule has 3 nitrogen and oxygen atoms in total. The molecule has 0 rings (SSSR count). The zero-order chi connectivity index (χ0) is 9.40. The Hall–Kier alpha value is -0.120. The summed E-state index contributed by atoms with van der Waals surface area (Å²) >= 11 is 0. The van der Waals surface area contributed by atoms with Crippen LogP contribution in [0.15, 0.2) is 0 Å². The van der Waals surface area contributed by atoms with E-state index < -0.39 is 0 Å². The molecule has 0 saturated carbocycles. The molecular weight excluding hydrogens is 150 g/mol. The topological polar surface area (TPSA) is 36.1 Å². The SMILES string of the molecule is CNCCNC[C@H](NC)C(C)C. The molecule has 0 aromatic rings. The maximum Gasteiger partial charge on any atom is 0.0212 e. The van der Waals surface area contributed by atoms with Crippen LogP contribution in [0.25, 0.3) is 0 Å². The third-order valence-corrected chi connectivity index (χ3v) is 2.09. The zero-order valence-electron chi connectivity index (χ0n) is 8.78. The highest BCUT2D eigenvalue weighted by atomic mass is 15.0. The van der Waals surface area contributed by atoms with E-state index in [9.17, 15) is 0 Å². The highest BCUT2D eigenvalue weighted by Gasteiger charge is 2.08. The van der Waals surface area contributed by atoms with Crippen LogP contribution in [-0.4, -0.2) is 39.8 Å². The fourth-order valence-corrected chi connectivity index (χ4v) is 1.14. The summed E-state index contributed by atoms with van der Waals surface area (Å²) in [7, 11) is 3.99. The van der Waals surface area contributed by atoms with Gasteiger partial charge in [0.15, 0.2) is 0 Å². The lowest BCUT2D eigenvalue weighted by molar-refractivity contribution is 0.403. The van der Waals surface area contributed by atoms with E-state index in [1.807, 2.05) is 14.1 Å². The number of nitrogens with one attached hydrogen (secondary N) is 3. The summed E-state index contributed by atoms with van der Waals surface area (Å²) in [4.78, 5) is 0. The number of hydrogen-bond donors (Lipinski definition) is 3. The third-order valence-electron chi connectivity index (χ3n) is 2.09. The largest absolute Gasteiger partial charge is 0.318 e. The van der Waals surface area contributed by atoms with Crippen LogP contribution in [0.4, 0.5) is 0 Å². The molecule has 0 fully saturated rings. The summed E-state index contributed by atoms with van der Waals surface area (Å²) in [5, 5.41) is 9.79. The fraction of sp³-hybridized carbons (Fsp3) is 1.00. The van der Waals surface area contributed by atoms with E-state index >= 15 is 0 Å². The lowest BCUT2D eigenvalue weighted by Crippen LogP contribution is -2.41.